The summed E-state index contributed by atoms with van der Waals surface area (Å²) < 4.78 is 0. The molecule has 0 fully saturated rings. The third-order valence-corrected chi connectivity index (χ3v) is 3.93. The van der Waals surface area contributed by atoms with Crippen LogP contribution in [0.1, 0.15) is 0 Å². The molecule has 0 aliphatic carbocycles. The van der Waals surface area contributed by atoms with Gasteiger partial charge >= 0.3 is 0 Å². The Morgan fingerprint density at radius 1 is 1.00 bits per heavy atom. The molecule has 0 spiro atoms. The summed E-state index contributed by atoms with van der Waals surface area (Å²) in [4.78, 5) is 4.67. The predicted octanol–water partition coefficient (Wildman–Crippen LogP) is 3.50. The van der Waals surface area contributed by atoms with Crippen molar-refractivity contribution < 1.29 is 0 Å². The van der Waals surface area contributed by atoms with Gasteiger partial charge in [0.15, 0.2) is 0 Å². The van der Waals surface area contributed by atoms with Crippen LogP contribution in [0.3, 0.4) is 0 Å². The number of hydrogen-bond donors (Lipinski definition) is 1. The molecule has 16 heavy (non-hydrogen) atoms. The Kier molecular flexibility index (Phi) is 2.07. The fourth-order valence-corrected chi connectivity index (χ4v) is 3.23. The smallest absolute Gasteiger partial charge is 0.0783 e. The van der Waals surface area contributed by atoms with Gasteiger partial charge in [-0.2, -0.15) is 0 Å². The first-order valence-electron chi connectivity index (χ1n) is 5.16. The van der Waals surface area contributed by atoms with Gasteiger partial charge in [0, 0.05) is 16.8 Å². The second-order valence-electron chi connectivity index (χ2n) is 3.82. The molecular weight excluding hydrogens is 216 g/mol. The van der Waals surface area contributed by atoms with Crippen molar-refractivity contribution in [2.75, 3.05) is 17.7 Å². The number of nitrogen functional groups attached to an aromatic ring is 1. The van der Waals surface area contributed by atoms with E-state index in [1.54, 1.807) is 11.8 Å². The van der Waals surface area contributed by atoms with Gasteiger partial charge in [-0.3, -0.25) is 0 Å². The first-order chi connectivity index (χ1) is 7.77. The molecule has 0 bridgehead atoms. The number of rotatable bonds is 0. The Labute approximate surface area is 99.1 Å². The van der Waals surface area contributed by atoms with Crippen molar-refractivity contribution in [1.82, 2.24) is 0 Å². The lowest BCUT2D eigenvalue weighted by Gasteiger charge is -2.30. The molecule has 80 valence electrons. The van der Waals surface area contributed by atoms with Gasteiger partial charge in [-0.1, -0.05) is 30.0 Å². The maximum Gasteiger partial charge on any atom is 0.0783 e. The summed E-state index contributed by atoms with van der Waals surface area (Å²) in [6.07, 6.45) is 0. The summed E-state index contributed by atoms with van der Waals surface area (Å²) in [6, 6.07) is 14.5. The van der Waals surface area contributed by atoms with Gasteiger partial charge in [0.2, 0.25) is 0 Å². The van der Waals surface area contributed by atoms with Gasteiger partial charge < -0.3 is 10.6 Å². The lowest BCUT2D eigenvalue weighted by Crippen LogP contribution is -2.16. The van der Waals surface area contributed by atoms with Crippen LogP contribution in [0.4, 0.5) is 17.1 Å². The predicted molar refractivity (Wildman–Crippen MR) is 69.5 cm³/mol. The third kappa shape index (κ3) is 1.28. The zero-order valence-electron chi connectivity index (χ0n) is 8.97. The second-order valence-corrected chi connectivity index (χ2v) is 4.91. The van der Waals surface area contributed by atoms with E-state index in [2.05, 4.69) is 42.3 Å². The Morgan fingerprint density at radius 2 is 1.75 bits per heavy atom. The molecule has 2 nitrogen and oxygen atoms in total. The summed E-state index contributed by atoms with van der Waals surface area (Å²) in [5.41, 5.74) is 9.21. The van der Waals surface area contributed by atoms with Crippen LogP contribution in [0.15, 0.2) is 52.3 Å². The first kappa shape index (κ1) is 9.60. The summed E-state index contributed by atoms with van der Waals surface area (Å²) in [6.45, 7) is 0. The lowest BCUT2D eigenvalue weighted by molar-refractivity contribution is 1.11. The lowest BCUT2D eigenvalue weighted by atomic mass is 10.2. The van der Waals surface area contributed by atoms with Gasteiger partial charge in [0.1, 0.15) is 0 Å². The van der Waals surface area contributed by atoms with Crippen LogP contribution in [-0.2, 0) is 0 Å². The highest BCUT2D eigenvalue weighted by Gasteiger charge is 2.21. The van der Waals surface area contributed by atoms with Crippen molar-refractivity contribution in [3.63, 3.8) is 0 Å². The molecule has 3 heteroatoms. The molecule has 3 rings (SSSR count). The van der Waals surface area contributed by atoms with Crippen LogP contribution in [0.2, 0.25) is 0 Å². The summed E-state index contributed by atoms with van der Waals surface area (Å²) in [5, 5.41) is 0. The van der Waals surface area contributed by atoms with Crippen LogP contribution in [0, 0.1) is 0 Å². The maximum absolute atomic E-state index is 6.03. The van der Waals surface area contributed by atoms with E-state index >= 15 is 0 Å². The van der Waals surface area contributed by atoms with Crippen LogP contribution < -0.4 is 10.6 Å². The molecule has 0 radical (unpaired) electrons. The van der Waals surface area contributed by atoms with Gasteiger partial charge in [0.05, 0.1) is 17.1 Å². The topological polar surface area (TPSA) is 29.3 Å². The summed E-state index contributed by atoms with van der Waals surface area (Å²) in [7, 11) is 2.06. The fourth-order valence-electron chi connectivity index (χ4n) is 2.04. The third-order valence-electron chi connectivity index (χ3n) is 2.81. The Morgan fingerprint density at radius 3 is 2.62 bits per heavy atom. The SMILES string of the molecule is CN1c2ccccc2Sc2cccc(N)c21. The highest BCUT2D eigenvalue weighted by atomic mass is 32.2. The number of para-hydroxylation sites is 2. The molecule has 0 amide bonds. The number of nitrogens with two attached hydrogens (primary N) is 1. The molecular formula is C13H12N2S. The van der Waals surface area contributed by atoms with Crippen molar-refractivity contribution in [2.45, 2.75) is 9.79 Å². The fraction of sp³-hybridized carbons (Fsp3) is 0.0769. The standard InChI is InChI=1S/C13H12N2S/c1-15-10-6-2-3-7-11(10)16-12-8-4-5-9(14)13(12)15/h2-8H,14H2,1H3. The van der Waals surface area contributed by atoms with E-state index in [0.29, 0.717) is 0 Å². The van der Waals surface area contributed by atoms with Crippen LogP contribution in [0.25, 0.3) is 0 Å². The Balaban J connectivity index is 2.23. The average molecular weight is 228 g/mol. The zero-order chi connectivity index (χ0) is 11.1. The monoisotopic (exact) mass is 228 g/mol. The zero-order valence-corrected chi connectivity index (χ0v) is 9.79. The second kappa shape index (κ2) is 3.46. The number of fused-ring (bicyclic) bond motifs is 2. The van der Waals surface area contributed by atoms with Gasteiger partial charge in [-0.05, 0) is 24.3 Å². The van der Waals surface area contributed by atoms with Crippen LogP contribution in [-0.4, -0.2) is 7.05 Å². The van der Waals surface area contributed by atoms with E-state index in [1.165, 1.54) is 15.5 Å². The molecule has 2 N–H and O–H groups in total. The molecule has 1 aliphatic rings. The molecule has 2 aromatic rings. The number of nitrogens with zero attached hydrogens (tertiary/aromatic N) is 1. The van der Waals surface area contributed by atoms with Crippen LogP contribution in [0.5, 0.6) is 0 Å². The van der Waals surface area contributed by atoms with Crippen molar-refractivity contribution >= 4 is 28.8 Å². The molecule has 1 heterocycles. The van der Waals surface area contributed by atoms with Gasteiger partial charge in [-0.15, -0.1) is 0 Å². The Hall–Kier alpha value is -1.61. The van der Waals surface area contributed by atoms with Gasteiger partial charge in [0.25, 0.3) is 0 Å². The van der Waals surface area contributed by atoms with Crippen molar-refractivity contribution in [3.05, 3.63) is 42.5 Å². The summed E-state index contributed by atoms with van der Waals surface area (Å²) in [5.74, 6) is 0. The van der Waals surface area contributed by atoms with Crippen molar-refractivity contribution in [1.29, 1.82) is 0 Å². The van der Waals surface area contributed by atoms with E-state index in [-0.39, 0.29) is 0 Å². The minimum Gasteiger partial charge on any atom is -0.397 e. The van der Waals surface area contributed by atoms with Gasteiger partial charge in [-0.25, -0.2) is 0 Å². The van der Waals surface area contributed by atoms with E-state index < -0.39 is 0 Å². The molecule has 0 saturated heterocycles. The minimum atomic E-state index is 0.835. The highest BCUT2D eigenvalue weighted by molar-refractivity contribution is 7.99. The normalized spacial score (nSPS) is 13.2. The van der Waals surface area contributed by atoms with E-state index in [0.717, 1.165) is 11.4 Å². The van der Waals surface area contributed by atoms with E-state index in [9.17, 15) is 0 Å². The largest absolute Gasteiger partial charge is 0.397 e. The Bertz CT molecular complexity index is 551. The van der Waals surface area contributed by atoms with E-state index in [1.807, 2.05) is 12.1 Å². The van der Waals surface area contributed by atoms with Crippen LogP contribution >= 0.6 is 11.8 Å². The van der Waals surface area contributed by atoms with Crippen molar-refractivity contribution in [2.24, 2.45) is 0 Å². The van der Waals surface area contributed by atoms with E-state index in [4.69, 9.17) is 5.73 Å². The first-order valence-corrected chi connectivity index (χ1v) is 5.98. The molecule has 2 aromatic carbocycles. The minimum absolute atomic E-state index is 0.835. The average Bonchev–Trinajstić information content (AvgIpc) is 2.29. The highest BCUT2D eigenvalue weighted by Crippen LogP contribution is 2.49. The quantitative estimate of drug-likeness (QED) is 0.700. The molecule has 0 unspecified atom stereocenters. The number of anilines is 3. The molecule has 1 aliphatic heterocycles. The maximum atomic E-state index is 6.03. The molecule has 0 aromatic heterocycles. The van der Waals surface area contributed by atoms with Crippen molar-refractivity contribution in [3.8, 4) is 0 Å². The summed E-state index contributed by atoms with van der Waals surface area (Å²) >= 11 is 1.78. The number of benzene rings is 2. The molecule has 0 saturated carbocycles. The number of hydrogen-bond acceptors (Lipinski definition) is 3. The molecule has 0 atom stereocenters.